The minimum Gasteiger partial charge on any atom is -0.309 e. The van der Waals surface area contributed by atoms with E-state index in [4.69, 9.17) is 0 Å². The predicted octanol–water partition coefficient (Wildman–Crippen LogP) is 2.88. The lowest BCUT2D eigenvalue weighted by molar-refractivity contribution is 0.237. The van der Waals surface area contributed by atoms with Crippen molar-refractivity contribution < 1.29 is 0 Å². The second kappa shape index (κ2) is 5.30. The van der Waals surface area contributed by atoms with Gasteiger partial charge in [0.15, 0.2) is 0 Å². The molecule has 0 aliphatic heterocycles. The number of rotatable bonds is 6. The van der Waals surface area contributed by atoms with Crippen LogP contribution in [0.2, 0.25) is 0 Å². The maximum atomic E-state index is 3.61. The average molecular weight is 238 g/mol. The third-order valence-corrected chi connectivity index (χ3v) is 4.28. The average Bonchev–Trinajstić information content (AvgIpc) is 2.99. The summed E-state index contributed by atoms with van der Waals surface area (Å²) in [6.07, 6.45) is 2.78. The van der Waals surface area contributed by atoms with E-state index in [1.54, 1.807) is 11.3 Å². The second-order valence-electron chi connectivity index (χ2n) is 4.93. The Labute approximate surface area is 103 Å². The summed E-state index contributed by atoms with van der Waals surface area (Å²) in [7, 11) is 2.25. The Bertz CT molecular complexity index is 306. The van der Waals surface area contributed by atoms with Crippen LogP contribution in [0.25, 0.3) is 0 Å². The van der Waals surface area contributed by atoms with Crippen LogP contribution in [-0.4, -0.2) is 30.6 Å². The maximum absolute atomic E-state index is 3.61. The van der Waals surface area contributed by atoms with Crippen molar-refractivity contribution in [3.8, 4) is 0 Å². The first-order valence-corrected chi connectivity index (χ1v) is 7.10. The third-order valence-electron chi connectivity index (χ3n) is 3.58. The van der Waals surface area contributed by atoms with Gasteiger partial charge < -0.3 is 5.32 Å². The minimum absolute atomic E-state index is 0.473. The van der Waals surface area contributed by atoms with E-state index in [0.717, 1.165) is 12.6 Å². The van der Waals surface area contributed by atoms with Crippen LogP contribution in [0.4, 0.5) is 0 Å². The summed E-state index contributed by atoms with van der Waals surface area (Å²) >= 11 is 1.77. The van der Waals surface area contributed by atoms with E-state index in [1.807, 2.05) is 0 Å². The largest absolute Gasteiger partial charge is 0.309 e. The van der Waals surface area contributed by atoms with E-state index >= 15 is 0 Å². The highest BCUT2D eigenvalue weighted by molar-refractivity contribution is 7.07. The van der Waals surface area contributed by atoms with Gasteiger partial charge in [0.1, 0.15) is 0 Å². The van der Waals surface area contributed by atoms with E-state index in [2.05, 4.69) is 47.9 Å². The molecule has 1 heterocycles. The van der Waals surface area contributed by atoms with Crippen LogP contribution in [0, 0.1) is 0 Å². The lowest BCUT2D eigenvalue weighted by Gasteiger charge is -2.26. The van der Waals surface area contributed by atoms with E-state index < -0.39 is 0 Å². The highest BCUT2D eigenvalue weighted by Gasteiger charge is 2.28. The van der Waals surface area contributed by atoms with Crippen molar-refractivity contribution in [2.75, 3.05) is 13.6 Å². The molecule has 90 valence electrons. The van der Waals surface area contributed by atoms with Crippen molar-refractivity contribution in [3.05, 3.63) is 22.4 Å². The molecular weight excluding hydrogens is 216 g/mol. The molecule has 0 saturated heterocycles. The Morgan fingerprint density at radius 1 is 1.50 bits per heavy atom. The Balaban J connectivity index is 1.74. The second-order valence-corrected chi connectivity index (χ2v) is 5.71. The van der Waals surface area contributed by atoms with Crippen LogP contribution < -0.4 is 5.32 Å². The van der Waals surface area contributed by atoms with Crippen molar-refractivity contribution in [2.45, 2.75) is 44.8 Å². The number of nitrogens with zero attached hydrogens (tertiary/aromatic N) is 1. The standard InChI is InChI=1S/C13H22N2S/c1-10(15(3)13-4-5-13)8-14-11(2)12-6-7-16-9-12/h6-7,9-11,13-14H,4-5,8H2,1-3H3. The summed E-state index contributed by atoms with van der Waals surface area (Å²) < 4.78 is 0. The number of likely N-dealkylation sites (N-methyl/N-ethyl adjacent to an activating group) is 1. The maximum Gasteiger partial charge on any atom is 0.0300 e. The Morgan fingerprint density at radius 2 is 2.25 bits per heavy atom. The molecule has 0 spiro atoms. The van der Waals surface area contributed by atoms with Gasteiger partial charge in [-0.25, -0.2) is 0 Å². The van der Waals surface area contributed by atoms with Crippen LogP contribution in [0.15, 0.2) is 16.8 Å². The van der Waals surface area contributed by atoms with Crippen molar-refractivity contribution in [3.63, 3.8) is 0 Å². The Hall–Kier alpha value is -0.380. The third kappa shape index (κ3) is 3.06. The van der Waals surface area contributed by atoms with E-state index in [-0.39, 0.29) is 0 Å². The fourth-order valence-electron chi connectivity index (χ4n) is 1.97. The van der Waals surface area contributed by atoms with Crippen LogP contribution in [-0.2, 0) is 0 Å². The number of nitrogens with one attached hydrogen (secondary N) is 1. The molecule has 16 heavy (non-hydrogen) atoms. The van der Waals surface area contributed by atoms with Gasteiger partial charge >= 0.3 is 0 Å². The van der Waals surface area contributed by atoms with Crippen LogP contribution in [0.1, 0.15) is 38.3 Å². The lowest BCUT2D eigenvalue weighted by atomic mass is 10.1. The SMILES string of the molecule is CC(NCC(C)N(C)C1CC1)c1ccsc1. The molecule has 0 bridgehead atoms. The van der Waals surface area contributed by atoms with Gasteiger partial charge in [0, 0.05) is 24.7 Å². The van der Waals surface area contributed by atoms with Gasteiger partial charge in [-0.3, -0.25) is 4.90 Å². The molecule has 2 atom stereocenters. The quantitative estimate of drug-likeness (QED) is 0.820. The molecule has 0 aromatic carbocycles. The van der Waals surface area contributed by atoms with E-state index in [9.17, 15) is 0 Å². The van der Waals surface area contributed by atoms with Gasteiger partial charge in [-0.15, -0.1) is 0 Å². The van der Waals surface area contributed by atoms with E-state index in [1.165, 1.54) is 18.4 Å². The molecule has 2 unspecified atom stereocenters. The van der Waals surface area contributed by atoms with Crippen molar-refractivity contribution in [1.29, 1.82) is 0 Å². The van der Waals surface area contributed by atoms with Crippen molar-refractivity contribution in [1.82, 2.24) is 10.2 Å². The lowest BCUT2D eigenvalue weighted by Crippen LogP contribution is -2.39. The zero-order valence-corrected chi connectivity index (χ0v) is 11.3. The van der Waals surface area contributed by atoms with Gasteiger partial charge in [-0.2, -0.15) is 11.3 Å². The molecule has 1 saturated carbocycles. The summed E-state index contributed by atoms with van der Waals surface area (Å²) in [6, 6.07) is 4.17. The number of thiophene rings is 1. The van der Waals surface area contributed by atoms with Crippen LogP contribution in [0.5, 0.6) is 0 Å². The molecule has 2 nitrogen and oxygen atoms in total. The summed E-state index contributed by atoms with van der Waals surface area (Å²) in [5.41, 5.74) is 1.41. The first kappa shape index (κ1) is 12.1. The molecule has 1 aliphatic rings. The fourth-order valence-corrected chi connectivity index (χ4v) is 2.73. The normalized spacial score (nSPS) is 20.0. The first-order chi connectivity index (χ1) is 7.68. The first-order valence-electron chi connectivity index (χ1n) is 6.16. The van der Waals surface area contributed by atoms with Gasteiger partial charge in [0.25, 0.3) is 0 Å². The molecule has 3 heteroatoms. The summed E-state index contributed by atoms with van der Waals surface area (Å²) in [5.74, 6) is 0. The number of hydrogen-bond donors (Lipinski definition) is 1. The van der Waals surface area contributed by atoms with Gasteiger partial charge in [0.05, 0.1) is 0 Å². The fraction of sp³-hybridized carbons (Fsp3) is 0.692. The topological polar surface area (TPSA) is 15.3 Å². The smallest absolute Gasteiger partial charge is 0.0300 e. The molecule has 1 N–H and O–H groups in total. The van der Waals surface area contributed by atoms with Crippen LogP contribution in [0.3, 0.4) is 0 Å². The summed E-state index contributed by atoms with van der Waals surface area (Å²) in [5, 5.41) is 7.99. The molecular formula is C13H22N2S. The Kier molecular flexibility index (Phi) is 4.00. The predicted molar refractivity (Wildman–Crippen MR) is 71.0 cm³/mol. The molecule has 1 aliphatic carbocycles. The zero-order valence-electron chi connectivity index (χ0n) is 10.4. The van der Waals surface area contributed by atoms with E-state index in [0.29, 0.717) is 12.1 Å². The van der Waals surface area contributed by atoms with Gasteiger partial charge in [0.2, 0.25) is 0 Å². The van der Waals surface area contributed by atoms with Gasteiger partial charge in [-0.05, 0) is 56.1 Å². The minimum atomic E-state index is 0.473. The molecule has 1 aromatic rings. The highest BCUT2D eigenvalue weighted by atomic mass is 32.1. The Morgan fingerprint density at radius 3 is 2.81 bits per heavy atom. The molecule has 1 fully saturated rings. The summed E-state index contributed by atoms with van der Waals surface area (Å²) in [4.78, 5) is 2.51. The number of hydrogen-bond acceptors (Lipinski definition) is 3. The molecule has 0 amide bonds. The van der Waals surface area contributed by atoms with Crippen molar-refractivity contribution in [2.24, 2.45) is 0 Å². The zero-order chi connectivity index (χ0) is 11.5. The van der Waals surface area contributed by atoms with Crippen molar-refractivity contribution >= 4 is 11.3 Å². The molecule has 2 rings (SSSR count). The highest BCUT2D eigenvalue weighted by Crippen LogP contribution is 2.26. The summed E-state index contributed by atoms with van der Waals surface area (Å²) in [6.45, 7) is 5.63. The molecule has 1 aromatic heterocycles. The van der Waals surface area contributed by atoms with Gasteiger partial charge in [-0.1, -0.05) is 0 Å². The molecule has 0 radical (unpaired) electrons. The monoisotopic (exact) mass is 238 g/mol. The van der Waals surface area contributed by atoms with Crippen LogP contribution >= 0.6 is 11.3 Å².